The number of nitrogens with zero attached hydrogens (tertiary/aromatic N) is 2. The summed E-state index contributed by atoms with van der Waals surface area (Å²) in [5.41, 5.74) is 12.0. The van der Waals surface area contributed by atoms with Gasteiger partial charge in [-0.25, -0.2) is 4.98 Å². The van der Waals surface area contributed by atoms with Crippen LogP contribution in [0.15, 0.2) is 48.5 Å². The van der Waals surface area contributed by atoms with E-state index < -0.39 is 24.1 Å². The first kappa shape index (κ1) is 23.4. The summed E-state index contributed by atoms with van der Waals surface area (Å²) in [7, 11) is 0. The van der Waals surface area contributed by atoms with Crippen molar-refractivity contribution in [3.63, 3.8) is 0 Å². The van der Waals surface area contributed by atoms with E-state index >= 15 is 0 Å². The molecule has 7 nitrogen and oxygen atoms in total. The van der Waals surface area contributed by atoms with E-state index in [1.54, 1.807) is 30.3 Å². The molecule has 0 aliphatic heterocycles. The molecule has 0 unspecified atom stereocenters. The Morgan fingerprint density at radius 1 is 1.19 bits per heavy atom. The molecule has 3 rings (SSSR count). The molecule has 168 valence electrons. The minimum atomic E-state index is -4.93. The third-order valence-corrected chi connectivity index (χ3v) is 5.67. The maximum atomic E-state index is 12.8. The van der Waals surface area contributed by atoms with Gasteiger partial charge in [-0.05, 0) is 25.1 Å². The van der Waals surface area contributed by atoms with Crippen LogP contribution in [0.4, 0.5) is 29.8 Å². The zero-order valence-electron chi connectivity index (χ0n) is 16.4. The summed E-state index contributed by atoms with van der Waals surface area (Å²) in [6.07, 6.45) is -4.93. The zero-order valence-corrected chi connectivity index (χ0v) is 18.0. The number of thiazole rings is 1. The molecule has 2 aromatic carbocycles. The number of nitrogen functional groups attached to an aromatic ring is 1. The minimum absolute atomic E-state index is 0.0661. The Labute approximate surface area is 189 Å². The predicted octanol–water partition coefficient (Wildman–Crippen LogP) is 4.52. The second kappa shape index (κ2) is 9.05. The van der Waals surface area contributed by atoms with Crippen LogP contribution in [0.5, 0.6) is 5.75 Å². The number of rotatable bonds is 7. The molecule has 0 bridgehead atoms. The number of carbonyl (C=O) groups excluding carboxylic acids is 2. The van der Waals surface area contributed by atoms with Gasteiger partial charge in [-0.2, -0.15) is 0 Å². The molecular formula is C20H16ClF3N4O3S. The molecule has 12 heteroatoms. The molecule has 3 aromatic rings. The van der Waals surface area contributed by atoms with Gasteiger partial charge in [0.1, 0.15) is 22.5 Å². The normalized spacial score (nSPS) is 12.3. The average molecular weight is 485 g/mol. The highest BCUT2D eigenvalue weighted by Gasteiger charge is 2.33. The van der Waals surface area contributed by atoms with E-state index in [0.29, 0.717) is 5.56 Å². The third kappa shape index (κ3) is 5.11. The summed E-state index contributed by atoms with van der Waals surface area (Å²) in [4.78, 5) is 30.4. The summed E-state index contributed by atoms with van der Waals surface area (Å²) in [6, 6.07) is 10.8. The molecule has 1 amide bonds. The first-order valence-corrected chi connectivity index (χ1v) is 10.2. The summed E-state index contributed by atoms with van der Waals surface area (Å²) in [6.45, 7) is 1.46. The minimum Gasteiger partial charge on any atom is -0.404 e. The van der Waals surface area contributed by atoms with Crippen molar-refractivity contribution in [1.29, 1.82) is 0 Å². The summed E-state index contributed by atoms with van der Waals surface area (Å²) in [5, 5.41) is -0.222. The largest absolute Gasteiger partial charge is 0.573 e. The summed E-state index contributed by atoms with van der Waals surface area (Å²) >= 11 is 6.86. The maximum absolute atomic E-state index is 12.8. The van der Waals surface area contributed by atoms with Gasteiger partial charge in [-0.3, -0.25) is 9.59 Å². The number of nitrogens with two attached hydrogens (primary N) is 2. The highest BCUT2D eigenvalue weighted by atomic mass is 35.5. The molecule has 0 radical (unpaired) electrons. The number of benzene rings is 2. The fraction of sp³-hybridized carbons (Fsp3) is 0.150. The van der Waals surface area contributed by atoms with E-state index in [4.69, 9.17) is 23.1 Å². The van der Waals surface area contributed by atoms with Crippen molar-refractivity contribution in [3.8, 4) is 5.75 Å². The van der Waals surface area contributed by atoms with Crippen LogP contribution >= 0.6 is 22.9 Å². The van der Waals surface area contributed by atoms with Crippen molar-refractivity contribution in [1.82, 2.24) is 4.98 Å². The van der Waals surface area contributed by atoms with Gasteiger partial charge in [0.25, 0.3) is 0 Å². The molecule has 0 aliphatic rings. The van der Waals surface area contributed by atoms with Gasteiger partial charge in [0.2, 0.25) is 11.7 Å². The van der Waals surface area contributed by atoms with Crippen molar-refractivity contribution in [2.75, 3.05) is 10.6 Å². The van der Waals surface area contributed by atoms with Gasteiger partial charge in [0.15, 0.2) is 5.13 Å². The number of ketones is 1. The molecule has 0 aliphatic carbocycles. The lowest BCUT2D eigenvalue weighted by Crippen LogP contribution is -2.40. The van der Waals surface area contributed by atoms with Crippen LogP contribution < -0.4 is 21.1 Å². The molecule has 0 fully saturated rings. The first-order valence-electron chi connectivity index (χ1n) is 8.98. The molecule has 1 atom stereocenters. The van der Waals surface area contributed by atoms with Gasteiger partial charge >= 0.3 is 6.36 Å². The number of primary amides is 1. The van der Waals surface area contributed by atoms with Crippen LogP contribution in [-0.4, -0.2) is 29.1 Å². The van der Waals surface area contributed by atoms with Crippen molar-refractivity contribution in [3.05, 3.63) is 64.0 Å². The molecule has 0 saturated heterocycles. The molecule has 0 saturated carbocycles. The standard InChI is InChI=1S/C20H16ClF3N4O3S/c1-10(18(26)30)28(12-7-8-14(13(21)9-12)31-20(22,23)24)19-27-17(25)16(32-19)15(29)11-5-3-2-4-6-11/h2-10H,25H2,1H3,(H2,26,30)/t10-/m1/s1. The van der Waals surface area contributed by atoms with E-state index in [2.05, 4.69) is 9.72 Å². The predicted molar refractivity (Wildman–Crippen MR) is 115 cm³/mol. The number of aromatic nitrogens is 1. The van der Waals surface area contributed by atoms with E-state index in [1.807, 2.05) is 0 Å². The number of halogens is 4. The van der Waals surface area contributed by atoms with Gasteiger partial charge < -0.3 is 21.1 Å². The van der Waals surface area contributed by atoms with E-state index in [9.17, 15) is 22.8 Å². The van der Waals surface area contributed by atoms with Gasteiger partial charge in [0.05, 0.1) is 5.02 Å². The smallest absolute Gasteiger partial charge is 0.404 e. The summed E-state index contributed by atoms with van der Waals surface area (Å²) in [5.74, 6) is -1.80. The Hall–Kier alpha value is -3.31. The van der Waals surface area contributed by atoms with E-state index in [0.717, 1.165) is 17.4 Å². The van der Waals surface area contributed by atoms with E-state index in [-0.39, 0.29) is 32.3 Å². The lowest BCUT2D eigenvalue weighted by Gasteiger charge is -2.27. The molecule has 1 aromatic heterocycles. The number of ether oxygens (including phenoxy) is 1. The Morgan fingerprint density at radius 3 is 2.41 bits per heavy atom. The Balaban J connectivity index is 2.04. The van der Waals surface area contributed by atoms with Crippen molar-refractivity contribution < 1.29 is 27.5 Å². The maximum Gasteiger partial charge on any atom is 0.573 e. The van der Waals surface area contributed by atoms with Crippen molar-refractivity contribution in [2.24, 2.45) is 5.73 Å². The highest BCUT2D eigenvalue weighted by Crippen LogP contribution is 2.39. The quantitative estimate of drug-likeness (QED) is 0.477. The monoisotopic (exact) mass is 484 g/mol. The van der Waals surface area contributed by atoms with Crippen LogP contribution in [0, 0.1) is 0 Å². The van der Waals surface area contributed by atoms with Gasteiger partial charge in [-0.1, -0.05) is 53.3 Å². The Kier molecular flexibility index (Phi) is 6.60. The molecular weight excluding hydrogens is 469 g/mol. The highest BCUT2D eigenvalue weighted by molar-refractivity contribution is 7.18. The average Bonchev–Trinajstić information content (AvgIpc) is 3.10. The summed E-state index contributed by atoms with van der Waals surface area (Å²) < 4.78 is 41.5. The SMILES string of the molecule is C[C@H](C(N)=O)N(c1ccc(OC(F)(F)F)c(Cl)c1)c1nc(N)c(C(=O)c2ccccc2)s1. The Bertz CT molecular complexity index is 1150. The first-order chi connectivity index (χ1) is 15.0. The van der Waals surface area contributed by atoms with Crippen molar-refractivity contribution in [2.45, 2.75) is 19.3 Å². The number of carbonyl (C=O) groups is 2. The lowest BCUT2D eigenvalue weighted by molar-refractivity contribution is -0.274. The van der Waals surface area contributed by atoms with Crippen molar-refractivity contribution >= 4 is 51.3 Å². The molecule has 32 heavy (non-hydrogen) atoms. The van der Waals surface area contributed by atoms with Crippen LogP contribution in [0.25, 0.3) is 0 Å². The number of amides is 1. The molecule has 4 N–H and O–H groups in total. The lowest BCUT2D eigenvalue weighted by atomic mass is 10.1. The fourth-order valence-corrected chi connectivity index (χ4v) is 4.04. The zero-order chi connectivity index (χ0) is 23.6. The number of hydrogen-bond acceptors (Lipinski definition) is 7. The third-order valence-electron chi connectivity index (χ3n) is 4.31. The second-order valence-corrected chi connectivity index (χ2v) is 7.90. The number of anilines is 3. The van der Waals surface area contributed by atoms with Crippen LogP contribution in [0.3, 0.4) is 0 Å². The number of alkyl halides is 3. The fourth-order valence-electron chi connectivity index (χ4n) is 2.78. The topological polar surface area (TPSA) is 112 Å². The van der Waals surface area contributed by atoms with Crippen LogP contribution in [-0.2, 0) is 4.79 Å². The second-order valence-electron chi connectivity index (χ2n) is 6.52. The van der Waals surface area contributed by atoms with Gasteiger partial charge in [-0.15, -0.1) is 13.2 Å². The molecule has 1 heterocycles. The van der Waals surface area contributed by atoms with Gasteiger partial charge in [0, 0.05) is 11.3 Å². The Morgan fingerprint density at radius 2 is 1.84 bits per heavy atom. The van der Waals surface area contributed by atoms with E-state index in [1.165, 1.54) is 24.0 Å². The van der Waals surface area contributed by atoms with Crippen LogP contribution in [0.1, 0.15) is 22.2 Å². The molecule has 0 spiro atoms. The van der Waals surface area contributed by atoms with Crippen LogP contribution in [0.2, 0.25) is 5.02 Å². The number of hydrogen-bond donors (Lipinski definition) is 2.